The van der Waals surface area contributed by atoms with Gasteiger partial charge in [-0.3, -0.25) is 4.90 Å². The average molecular weight is 462 g/mol. The molecule has 1 aromatic heterocycles. The topological polar surface area (TPSA) is 81.9 Å². The fourth-order valence-corrected chi connectivity index (χ4v) is 5.01. The van der Waals surface area contributed by atoms with Crippen molar-refractivity contribution in [2.24, 2.45) is 0 Å². The molecule has 0 saturated carbocycles. The van der Waals surface area contributed by atoms with Crippen LogP contribution in [0.25, 0.3) is 16.7 Å². The number of nitrogens with zero attached hydrogens (tertiary/aromatic N) is 2. The third-order valence-electron chi connectivity index (χ3n) is 6.56. The van der Waals surface area contributed by atoms with E-state index in [1.807, 2.05) is 13.8 Å². The first-order valence-electron chi connectivity index (χ1n) is 10.8. The molecule has 174 valence electrons. The molecule has 1 spiro atoms. The van der Waals surface area contributed by atoms with Gasteiger partial charge in [-0.1, -0.05) is 6.92 Å². The number of rotatable bonds is 3. The molecule has 10 heteroatoms. The van der Waals surface area contributed by atoms with Crippen LogP contribution in [0.15, 0.2) is 40.5 Å². The molecule has 2 aromatic rings. The Morgan fingerprint density at radius 1 is 1.24 bits per heavy atom. The van der Waals surface area contributed by atoms with Crippen LogP contribution in [0.4, 0.5) is 13.2 Å². The van der Waals surface area contributed by atoms with Gasteiger partial charge < -0.3 is 13.9 Å². The van der Waals surface area contributed by atoms with Gasteiger partial charge in [-0.05, 0) is 44.4 Å². The lowest BCUT2D eigenvalue weighted by atomic mass is 9.94. The van der Waals surface area contributed by atoms with Gasteiger partial charge in [0.05, 0.1) is 11.1 Å². The Morgan fingerprint density at radius 2 is 2.00 bits per heavy atom. The predicted octanol–water partition coefficient (Wildman–Crippen LogP) is 4.58. The molecular formula is C23H21F3N2O5. The molecule has 0 N–H and O–H groups in total. The van der Waals surface area contributed by atoms with E-state index in [0.29, 0.717) is 24.8 Å². The van der Waals surface area contributed by atoms with Gasteiger partial charge in [0.1, 0.15) is 5.52 Å². The monoisotopic (exact) mass is 462 g/mol. The van der Waals surface area contributed by atoms with Crippen molar-refractivity contribution in [2.75, 3.05) is 0 Å². The summed E-state index contributed by atoms with van der Waals surface area (Å²) < 4.78 is 56.7. The van der Waals surface area contributed by atoms with Crippen LogP contribution in [-0.2, 0) is 25.2 Å². The minimum absolute atomic E-state index is 0.0157. The van der Waals surface area contributed by atoms with Gasteiger partial charge in [-0.15, -0.1) is 0 Å². The highest BCUT2D eigenvalue weighted by molar-refractivity contribution is 5.94. The molecule has 33 heavy (non-hydrogen) atoms. The summed E-state index contributed by atoms with van der Waals surface area (Å²) in [5.41, 5.74) is -1.55. The van der Waals surface area contributed by atoms with E-state index in [0.717, 1.165) is 30.7 Å². The first-order valence-corrected chi connectivity index (χ1v) is 10.8. The van der Waals surface area contributed by atoms with E-state index in [1.54, 1.807) is 0 Å². The number of hydrogen-bond donors (Lipinski definition) is 0. The van der Waals surface area contributed by atoms with Crippen LogP contribution in [0.2, 0.25) is 0 Å². The first-order chi connectivity index (χ1) is 15.6. The molecule has 1 aromatic carbocycles. The number of ether oxygens (including phenoxy) is 2. The minimum Gasteiger partial charge on any atom is -0.436 e. The number of esters is 2. The Balaban J connectivity index is 1.70. The van der Waals surface area contributed by atoms with Crippen molar-refractivity contribution < 1.29 is 36.7 Å². The predicted molar refractivity (Wildman–Crippen MR) is 109 cm³/mol. The second kappa shape index (κ2) is 7.44. The van der Waals surface area contributed by atoms with Crippen LogP contribution in [0.1, 0.15) is 51.0 Å². The lowest BCUT2D eigenvalue weighted by molar-refractivity contribution is -0.186. The lowest BCUT2D eigenvalue weighted by Crippen LogP contribution is -2.58. The smallest absolute Gasteiger partial charge is 0.416 e. The number of fused-ring (bicyclic) bond motifs is 2. The molecule has 1 saturated heterocycles. The molecular weight excluding hydrogens is 441 g/mol. The number of hydrogen-bond acceptors (Lipinski definition) is 7. The van der Waals surface area contributed by atoms with Gasteiger partial charge in [-0.2, -0.15) is 13.2 Å². The second-order valence-electron chi connectivity index (χ2n) is 8.53. The fourth-order valence-electron chi connectivity index (χ4n) is 5.01. The third kappa shape index (κ3) is 3.43. The maximum absolute atomic E-state index is 13.1. The summed E-state index contributed by atoms with van der Waals surface area (Å²) in [5, 5.41) is 0. The Morgan fingerprint density at radius 3 is 2.73 bits per heavy atom. The van der Waals surface area contributed by atoms with Gasteiger partial charge in [0.15, 0.2) is 11.3 Å². The zero-order chi connectivity index (χ0) is 23.5. The molecule has 2 bridgehead atoms. The van der Waals surface area contributed by atoms with Crippen molar-refractivity contribution in [3.8, 4) is 0 Å². The van der Waals surface area contributed by atoms with E-state index in [9.17, 15) is 22.8 Å². The minimum atomic E-state index is -4.52. The summed E-state index contributed by atoms with van der Waals surface area (Å²) in [7, 11) is 0. The van der Waals surface area contributed by atoms with Gasteiger partial charge in [0.25, 0.3) is 0 Å². The number of halogens is 3. The molecule has 0 radical (unpaired) electrons. The molecule has 3 aliphatic rings. The Kier molecular flexibility index (Phi) is 4.89. The summed E-state index contributed by atoms with van der Waals surface area (Å²) in [5.74, 6) is -1.26. The quantitative estimate of drug-likeness (QED) is 0.618. The van der Waals surface area contributed by atoms with E-state index in [1.165, 1.54) is 6.07 Å². The zero-order valence-electron chi connectivity index (χ0n) is 17.9. The van der Waals surface area contributed by atoms with E-state index in [-0.39, 0.29) is 34.8 Å². The third-order valence-corrected chi connectivity index (χ3v) is 6.56. The largest absolute Gasteiger partial charge is 0.436 e. The van der Waals surface area contributed by atoms with Crippen molar-refractivity contribution >= 4 is 28.6 Å². The molecule has 3 aliphatic heterocycles. The summed E-state index contributed by atoms with van der Waals surface area (Å²) in [6, 6.07) is 3.03. The normalized spacial score (nSPS) is 27.6. The zero-order valence-corrected chi connectivity index (χ0v) is 17.9. The van der Waals surface area contributed by atoms with Crippen LogP contribution in [0.5, 0.6) is 0 Å². The summed E-state index contributed by atoms with van der Waals surface area (Å²) >= 11 is 0. The van der Waals surface area contributed by atoms with Crippen molar-refractivity contribution in [1.82, 2.24) is 9.88 Å². The van der Waals surface area contributed by atoms with Gasteiger partial charge in [0, 0.05) is 30.7 Å². The highest BCUT2D eigenvalue weighted by Crippen LogP contribution is 2.52. The highest BCUT2D eigenvalue weighted by Gasteiger charge is 2.60. The van der Waals surface area contributed by atoms with Crippen LogP contribution >= 0.6 is 0 Å². The van der Waals surface area contributed by atoms with Gasteiger partial charge in [-0.25, -0.2) is 14.6 Å². The number of alkyl halides is 3. The maximum Gasteiger partial charge on any atom is 0.416 e. The average Bonchev–Trinajstić information content (AvgIpc) is 3.30. The number of benzene rings is 1. The van der Waals surface area contributed by atoms with Gasteiger partial charge >= 0.3 is 18.1 Å². The molecule has 7 nitrogen and oxygen atoms in total. The van der Waals surface area contributed by atoms with E-state index >= 15 is 0 Å². The van der Waals surface area contributed by atoms with Crippen molar-refractivity contribution in [2.45, 2.75) is 63.5 Å². The SMILES string of the molecule is CCC(C)N1C2CCC13OC(=O)/C=C\C(=O)OC3=C(c1nc3ccc(C(F)(F)F)cc3o1)C2. The van der Waals surface area contributed by atoms with E-state index < -0.39 is 29.4 Å². The molecule has 4 heterocycles. The van der Waals surface area contributed by atoms with Gasteiger partial charge in [0.2, 0.25) is 11.6 Å². The Labute approximate surface area is 186 Å². The number of carbonyl (C=O) groups excluding carboxylic acids is 2. The highest BCUT2D eigenvalue weighted by atomic mass is 19.4. The molecule has 0 amide bonds. The molecule has 1 fully saturated rings. The summed E-state index contributed by atoms with van der Waals surface area (Å²) in [4.78, 5) is 31.3. The first kappa shape index (κ1) is 21.7. The number of oxazole rings is 1. The second-order valence-corrected chi connectivity index (χ2v) is 8.53. The van der Waals surface area contributed by atoms with Crippen molar-refractivity contribution in [3.63, 3.8) is 0 Å². The number of carbonyl (C=O) groups is 2. The maximum atomic E-state index is 13.1. The standard InChI is InChI=1S/C23H21F3N2O5/c1-3-12(2)28-14-8-9-22(28)20(32-18(29)6-7-19(30)33-22)15(11-14)21-27-16-5-4-13(23(24,25)26)10-17(16)31-21/h4-7,10,12,14H,3,8-9,11H2,1-2H3/b7-6-. The van der Waals surface area contributed by atoms with Crippen LogP contribution in [0.3, 0.4) is 0 Å². The van der Waals surface area contributed by atoms with E-state index in [4.69, 9.17) is 13.9 Å². The molecule has 3 atom stereocenters. The molecule has 0 aliphatic carbocycles. The van der Waals surface area contributed by atoms with Crippen LogP contribution in [-0.4, -0.2) is 39.6 Å². The lowest BCUT2D eigenvalue weighted by Gasteiger charge is -2.47. The molecule has 5 rings (SSSR count). The summed E-state index contributed by atoms with van der Waals surface area (Å²) in [6.07, 6.45) is -0.279. The molecule has 3 unspecified atom stereocenters. The summed E-state index contributed by atoms with van der Waals surface area (Å²) in [6.45, 7) is 4.01. The Bertz CT molecular complexity index is 1210. The van der Waals surface area contributed by atoms with E-state index in [2.05, 4.69) is 9.88 Å². The number of aromatic nitrogens is 1. The van der Waals surface area contributed by atoms with Crippen molar-refractivity contribution in [3.05, 3.63) is 47.6 Å². The van der Waals surface area contributed by atoms with Crippen LogP contribution in [0, 0.1) is 0 Å². The Hall–Kier alpha value is -3.14. The fraction of sp³-hybridized carbons (Fsp3) is 0.435. The van der Waals surface area contributed by atoms with Crippen molar-refractivity contribution in [1.29, 1.82) is 0 Å². The van der Waals surface area contributed by atoms with Crippen LogP contribution < -0.4 is 0 Å².